The minimum atomic E-state index is -4.15. The van der Waals surface area contributed by atoms with E-state index in [-0.39, 0.29) is 35.7 Å². The van der Waals surface area contributed by atoms with E-state index in [0.717, 1.165) is 82.7 Å². The van der Waals surface area contributed by atoms with Gasteiger partial charge in [0.1, 0.15) is 0 Å². The van der Waals surface area contributed by atoms with E-state index >= 15 is 0 Å². The molecule has 4 atom stereocenters. The summed E-state index contributed by atoms with van der Waals surface area (Å²) in [6, 6.07) is 53.0. The number of aryl methyl sites for hydroxylation is 11. The van der Waals surface area contributed by atoms with Crippen LogP contribution in [0.2, 0.25) is 0 Å². The fourth-order valence-electron chi connectivity index (χ4n) is 13.3. The maximum Gasteiger partial charge on any atom is 0.300 e. The van der Waals surface area contributed by atoms with E-state index in [9.17, 15) is 42.2 Å². The number of benzene rings is 9. The zero-order valence-electron chi connectivity index (χ0n) is 64.1. The summed E-state index contributed by atoms with van der Waals surface area (Å²) in [6.45, 7) is 21.8. The third-order valence-corrected chi connectivity index (χ3v) is 33.2. The fourth-order valence-corrected chi connectivity index (χ4v) is 26.4. The number of thioether (sulfide) groups is 2. The van der Waals surface area contributed by atoms with Crippen molar-refractivity contribution in [2.45, 2.75) is 128 Å². The first kappa shape index (κ1) is 89.0. The van der Waals surface area contributed by atoms with Gasteiger partial charge in [-0.25, -0.2) is 0 Å². The Morgan fingerprint density at radius 3 is 0.982 bits per heavy atom. The highest BCUT2D eigenvalue weighted by Gasteiger charge is 2.46. The van der Waals surface area contributed by atoms with E-state index in [1.807, 2.05) is 129 Å². The lowest BCUT2D eigenvalue weighted by molar-refractivity contribution is 0.103. The average Bonchev–Trinajstić information content (AvgIpc) is 0.952. The molecule has 28 heteroatoms. The van der Waals surface area contributed by atoms with Crippen LogP contribution in [-0.4, -0.2) is 67.8 Å². The summed E-state index contributed by atoms with van der Waals surface area (Å²) in [6.07, 6.45) is 1.64. The van der Waals surface area contributed by atoms with E-state index < -0.39 is 56.9 Å². The predicted molar refractivity (Wildman–Crippen MR) is 473 cm³/mol. The van der Waals surface area contributed by atoms with Crippen molar-refractivity contribution in [2.75, 3.05) is 19.8 Å². The average molecular weight is 1730 g/mol. The number of hydrogen-bond acceptors (Lipinski definition) is 22. The molecule has 0 spiro atoms. The number of hydrogen-bond donors (Lipinski definition) is 4. The van der Waals surface area contributed by atoms with Crippen LogP contribution in [0.1, 0.15) is 156 Å². The molecule has 0 radical (unpaired) electrons. The SMILES string of the molecule is CCOP(=O)(C(=O)c1c(C)cc(CSc2n[nH]c(=S)s2)cc1CSc1n[nH]c(=S)s1)c1ccccc1.CCc1cc(C)c(C(=O)P(=O)(C(=O)c2c(C)cc(CS)cc2C)c2ccccc2)c(C)c1.CCc1cc(C)c(C(=O)P(=O)(OCCOP(=O)(C(=O)c2c(C)cc(CS)cc2C)c2ccccc2)c2ccccc2)c(C)c1. The van der Waals surface area contributed by atoms with Gasteiger partial charge < -0.3 is 18.1 Å². The van der Waals surface area contributed by atoms with E-state index in [4.69, 9.17) is 38.0 Å². The molecule has 0 fully saturated rings. The third kappa shape index (κ3) is 20.7. The van der Waals surface area contributed by atoms with Gasteiger partial charge in [0.25, 0.3) is 16.6 Å². The molecule has 0 aliphatic rings. The Bertz CT molecular complexity index is 5340. The van der Waals surface area contributed by atoms with Gasteiger partial charge in [-0.05, 0) is 226 Å². The molecule has 16 nitrogen and oxygen atoms in total. The summed E-state index contributed by atoms with van der Waals surface area (Å²) in [5.74, 6) is 2.14. The first-order chi connectivity index (χ1) is 53.4. The number of thiol groups is 2. The number of carbonyl (C=O) groups is 5. The van der Waals surface area contributed by atoms with Gasteiger partial charge in [0.15, 0.2) is 16.6 Å². The topological polar surface area (TPSA) is 239 Å². The lowest BCUT2D eigenvalue weighted by atomic mass is 9.99. The van der Waals surface area contributed by atoms with Crippen molar-refractivity contribution in [2.24, 2.45) is 0 Å². The molecule has 4 unspecified atom stereocenters. The highest BCUT2D eigenvalue weighted by Crippen LogP contribution is 2.56. The molecular weight excluding hydrogens is 1640 g/mol. The largest absolute Gasteiger partial charge is 0.320 e. The van der Waals surface area contributed by atoms with E-state index in [1.165, 1.54) is 34.4 Å². The summed E-state index contributed by atoms with van der Waals surface area (Å²) in [4.78, 5) is 69.9. The van der Waals surface area contributed by atoms with Gasteiger partial charge in [-0.15, -0.1) is 0 Å². The van der Waals surface area contributed by atoms with Crippen molar-refractivity contribution in [1.29, 1.82) is 0 Å². The van der Waals surface area contributed by atoms with Crippen molar-refractivity contribution in [3.05, 3.63) is 301 Å². The minimum Gasteiger partial charge on any atom is -0.320 e. The number of aromatic nitrogens is 4. The number of H-pyrrole nitrogens is 2. The lowest BCUT2D eigenvalue weighted by Gasteiger charge is -2.22. The monoisotopic (exact) mass is 1720 g/mol. The molecule has 0 aliphatic heterocycles. The van der Waals surface area contributed by atoms with Crippen molar-refractivity contribution in [1.82, 2.24) is 20.4 Å². The van der Waals surface area contributed by atoms with Crippen LogP contribution in [0.3, 0.4) is 0 Å². The van der Waals surface area contributed by atoms with Crippen LogP contribution in [-0.2, 0) is 67.7 Å². The molecule has 9 aromatic carbocycles. The number of aromatic amines is 2. The van der Waals surface area contributed by atoms with Crippen LogP contribution in [0, 0.1) is 70.2 Å². The number of carbonyl (C=O) groups excluding carboxylic acids is 5. The van der Waals surface area contributed by atoms with E-state index in [1.54, 1.807) is 148 Å². The van der Waals surface area contributed by atoms with Crippen LogP contribution in [0.25, 0.3) is 0 Å². The zero-order valence-corrected chi connectivity index (χ0v) is 74.4. The molecule has 2 N–H and O–H groups in total. The minimum absolute atomic E-state index is 0.155. The molecule has 0 amide bonds. The summed E-state index contributed by atoms with van der Waals surface area (Å²) >= 11 is 24.8. The Morgan fingerprint density at radius 2 is 0.670 bits per heavy atom. The Kier molecular flexibility index (Phi) is 31.9. The van der Waals surface area contributed by atoms with Crippen molar-refractivity contribution >= 4 is 174 Å². The molecule has 11 rings (SSSR count). The zero-order chi connectivity index (χ0) is 81.4. The van der Waals surface area contributed by atoms with Crippen LogP contribution < -0.4 is 21.2 Å². The summed E-state index contributed by atoms with van der Waals surface area (Å²) in [7, 11) is -16.2. The second-order valence-corrected chi connectivity index (χ2v) is 42.2. The van der Waals surface area contributed by atoms with Gasteiger partial charge >= 0.3 is 22.1 Å². The normalized spacial score (nSPS) is 13.4. The number of rotatable bonds is 31. The molecule has 584 valence electrons. The van der Waals surface area contributed by atoms with Crippen LogP contribution in [0.4, 0.5) is 0 Å². The molecular formula is C84H88N4O12P4S8. The molecule has 0 aliphatic carbocycles. The van der Waals surface area contributed by atoms with E-state index in [0.29, 0.717) is 86.3 Å². The third-order valence-electron chi connectivity index (χ3n) is 18.4. The Morgan fingerprint density at radius 1 is 0.384 bits per heavy atom. The highest BCUT2D eigenvalue weighted by atomic mass is 32.2. The van der Waals surface area contributed by atoms with Crippen molar-refractivity contribution in [3.63, 3.8) is 0 Å². The lowest BCUT2D eigenvalue weighted by Crippen LogP contribution is -2.23. The summed E-state index contributed by atoms with van der Waals surface area (Å²) in [5.41, 5.74) is 11.2. The molecule has 0 saturated carbocycles. The maximum atomic E-state index is 14.6. The number of nitrogens with zero attached hydrogens (tertiary/aromatic N) is 2. The van der Waals surface area contributed by atoms with Crippen molar-refractivity contribution in [3.8, 4) is 0 Å². The van der Waals surface area contributed by atoms with Gasteiger partial charge in [-0.2, -0.15) is 35.5 Å². The van der Waals surface area contributed by atoms with Crippen LogP contribution in [0.5, 0.6) is 0 Å². The van der Waals surface area contributed by atoms with Gasteiger partial charge in [-0.1, -0.05) is 206 Å². The summed E-state index contributed by atoms with van der Waals surface area (Å²) in [5, 5.41) is 15.1. The molecule has 112 heavy (non-hydrogen) atoms. The van der Waals surface area contributed by atoms with Gasteiger partial charge in [-0.3, -0.25) is 47.9 Å². The van der Waals surface area contributed by atoms with Gasteiger partial charge in [0, 0.05) is 72.0 Å². The Balaban J connectivity index is 0.000000196. The van der Waals surface area contributed by atoms with Gasteiger partial charge in [0.05, 0.1) is 19.8 Å². The summed E-state index contributed by atoms with van der Waals surface area (Å²) < 4.78 is 78.1. The quantitative estimate of drug-likeness (QED) is 0.0104. The van der Waals surface area contributed by atoms with E-state index in [2.05, 4.69) is 45.7 Å². The standard InChI is InChI=1S/C35H38O6P2S.C27H29O3PS.C22H21N4O3PS6/c1-6-28-19-24(2)32(25(3)20-28)34(36)42(38,30-13-9-7-10-14-30)40-17-18-41-43(39,31-15-11-8-12-16-31)35(37)33-26(4)21-29(23-44)22-27(33)5;1-6-21-12-17(2)24(18(3)13-21)26(28)31(30,23-10-8-7-9-11-23)27(29)25-19(4)14-22(16-32)15-20(25)5;1-3-29-30(28,16-7-5-4-6-8-16)18(27)17-13(2)9-14(11-33-21-25-23-19(31)35-21)10-15(17)12-34-22-26-24-20(32)36-22/h7-16,19-22,44H,6,17-18,23H2,1-5H3;7-15,32H,6,16H2,1-5H3;4-10H,3,11-12H2,1-2H3,(H,23,31)(H,24,32). The van der Waals surface area contributed by atoms with Crippen LogP contribution >= 0.6 is 125 Å². The second kappa shape index (κ2) is 40.1. The molecule has 2 heterocycles. The van der Waals surface area contributed by atoms with Crippen LogP contribution in [0.15, 0.2) is 191 Å². The molecule has 0 bridgehead atoms. The molecule has 2 aromatic heterocycles. The highest BCUT2D eigenvalue weighted by molar-refractivity contribution is 8.01. The predicted octanol–water partition coefficient (Wildman–Crippen LogP) is 22.1. The first-order valence-corrected chi connectivity index (χ1v) is 48.1. The maximum absolute atomic E-state index is 14.6. The first-order valence-electron chi connectivity index (χ1n) is 35.8. The van der Waals surface area contributed by atoms with Gasteiger partial charge in [0.2, 0.25) is 18.2 Å². The van der Waals surface area contributed by atoms with Crippen molar-refractivity contribution < 1.29 is 55.8 Å². The Hall–Kier alpha value is -6.91. The second-order valence-electron chi connectivity index (χ2n) is 26.4. The Labute approximate surface area is 692 Å². The molecule has 0 saturated heterocycles. The number of nitrogens with one attached hydrogen (secondary N) is 2. The smallest absolute Gasteiger partial charge is 0.300 e. The molecule has 11 aromatic rings. The fraction of sp³-hybridized carbons (Fsp3) is 0.250.